The predicted molar refractivity (Wildman–Crippen MR) is 96.1 cm³/mol. The van der Waals surface area contributed by atoms with Crippen LogP contribution in [0.1, 0.15) is 0 Å². The number of imidazole rings is 1. The highest BCUT2D eigenvalue weighted by Crippen LogP contribution is 2.22. The van der Waals surface area contributed by atoms with Crippen LogP contribution in [-0.2, 0) is 10.8 Å². The molecule has 25 heavy (non-hydrogen) atoms. The Hall–Kier alpha value is -3.13. The van der Waals surface area contributed by atoms with Crippen molar-refractivity contribution in [2.75, 3.05) is 11.6 Å². The number of aromatic nitrogens is 5. The average Bonchev–Trinajstić information content (AvgIpc) is 3.06. The van der Waals surface area contributed by atoms with Crippen LogP contribution >= 0.6 is 0 Å². The quantitative estimate of drug-likeness (QED) is 0.609. The molecule has 0 bridgehead atoms. The summed E-state index contributed by atoms with van der Waals surface area (Å²) in [5.74, 6) is 1.25. The van der Waals surface area contributed by atoms with Crippen molar-refractivity contribution in [3.63, 3.8) is 0 Å². The standard InChI is InChI=1S/C17H14N6OS/c1-25(24)13-4-2-12(3-5-13)14-10-20-17-7-6-15(22-23(14)17)21-16-11-18-8-9-19-16/h2-11H,1H3,(H,19,21,22). The van der Waals surface area contributed by atoms with Crippen LogP contribution in [-0.4, -0.2) is 35.0 Å². The van der Waals surface area contributed by atoms with E-state index in [1.165, 1.54) is 0 Å². The number of benzene rings is 1. The maximum atomic E-state index is 11.5. The van der Waals surface area contributed by atoms with E-state index in [4.69, 9.17) is 0 Å². The lowest BCUT2D eigenvalue weighted by Gasteiger charge is -2.06. The van der Waals surface area contributed by atoms with Crippen molar-refractivity contribution >= 4 is 28.1 Å². The van der Waals surface area contributed by atoms with Gasteiger partial charge in [-0.15, -0.1) is 5.10 Å². The minimum Gasteiger partial charge on any atom is -0.322 e. The van der Waals surface area contributed by atoms with E-state index in [1.807, 2.05) is 36.4 Å². The van der Waals surface area contributed by atoms with Gasteiger partial charge in [0.25, 0.3) is 0 Å². The lowest BCUT2D eigenvalue weighted by molar-refractivity contribution is 0.687. The molecule has 0 saturated carbocycles. The molecular weight excluding hydrogens is 336 g/mol. The second-order valence-corrected chi connectivity index (χ2v) is 6.71. The lowest BCUT2D eigenvalue weighted by Crippen LogP contribution is -2.01. The zero-order valence-corrected chi connectivity index (χ0v) is 14.1. The fourth-order valence-electron chi connectivity index (χ4n) is 2.45. The molecular formula is C17H14N6OS. The highest BCUT2D eigenvalue weighted by atomic mass is 32.2. The first-order chi connectivity index (χ1) is 12.2. The van der Waals surface area contributed by atoms with Crippen LogP contribution in [0.4, 0.5) is 11.6 Å². The first kappa shape index (κ1) is 15.4. The zero-order valence-electron chi connectivity index (χ0n) is 13.3. The van der Waals surface area contributed by atoms with Gasteiger partial charge in [0.15, 0.2) is 11.5 Å². The minimum atomic E-state index is -0.998. The molecule has 1 unspecified atom stereocenters. The van der Waals surface area contributed by atoms with E-state index >= 15 is 0 Å². The van der Waals surface area contributed by atoms with Crippen LogP contribution in [0.5, 0.6) is 0 Å². The van der Waals surface area contributed by atoms with Crippen LogP contribution in [0.25, 0.3) is 16.9 Å². The van der Waals surface area contributed by atoms with Gasteiger partial charge in [0.1, 0.15) is 5.82 Å². The summed E-state index contributed by atoms with van der Waals surface area (Å²) < 4.78 is 13.3. The third-order valence-electron chi connectivity index (χ3n) is 3.66. The first-order valence-corrected chi connectivity index (χ1v) is 9.08. The third kappa shape index (κ3) is 3.11. The summed E-state index contributed by atoms with van der Waals surface area (Å²) in [7, 11) is -0.998. The molecule has 8 heteroatoms. The molecule has 0 aliphatic carbocycles. The van der Waals surface area contributed by atoms with Gasteiger partial charge in [0.2, 0.25) is 0 Å². The zero-order chi connectivity index (χ0) is 17.2. The molecule has 124 valence electrons. The number of rotatable bonds is 4. The van der Waals surface area contributed by atoms with E-state index < -0.39 is 10.8 Å². The SMILES string of the molecule is CS(=O)c1ccc(-c2cnc3ccc(Nc4cnccn4)nn23)cc1. The van der Waals surface area contributed by atoms with Gasteiger partial charge in [-0.05, 0) is 24.3 Å². The molecule has 0 saturated heterocycles. The summed E-state index contributed by atoms with van der Waals surface area (Å²) in [5, 5.41) is 7.69. The van der Waals surface area contributed by atoms with Crippen molar-refractivity contribution in [3.8, 4) is 11.3 Å². The van der Waals surface area contributed by atoms with Gasteiger partial charge in [0.05, 0.1) is 18.1 Å². The third-order valence-corrected chi connectivity index (χ3v) is 4.60. The second kappa shape index (κ2) is 6.40. The van der Waals surface area contributed by atoms with Gasteiger partial charge in [-0.3, -0.25) is 9.19 Å². The topological polar surface area (TPSA) is 85.1 Å². The molecule has 7 nitrogen and oxygen atoms in total. The molecule has 1 aromatic carbocycles. The molecule has 3 aromatic heterocycles. The van der Waals surface area contributed by atoms with Crippen molar-refractivity contribution in [1.29, 1.82) is 0 Å². The Bertz CT molecular complexity index is 1050. The normalized spacial score (nSPS) is 12.2. The fourth-order valence-corrected chi connectivity index (χ4v) is 2.97. The Morgan fingerprint density at radius 1 is 0.960 bits per heavy atom. The Morgan fingerprint density at radius 3 is 2.52 bits per heavy atom. The maximum Gasteiger partial charge on any atom is 0.154 e. The van der Waals surface area contributed by atoms with Crippen molar-refractivity contribution < 1.29 is 4.21 Å². The molecule has 0 fully saturated rings. The summed E-state index contributed by atoms with van der Waals surface area (Å²) in [6, 6.07) is 11.3. The predicted octanol–water partition coefficient (Wildman–Crippen LogP) is 2.67. The Morgan fingerprint density at radius 2 is 1.80 bits per heavy atom. The van der Waals surface area contributed by atoms with Gasteiger partial charge in [-0.25, -0.2) is 14.5 Å². The van der Waals surface area contributed by atoms with E-state index in [1.54, 1.807) is 35.6 Å². The molecule has 0 amide bonds. The summed E-state index contributed by atoms with van der Waals surface area (Å²) in [5.41, 5.74) is 2.54. The number of nitrogens with one attached hydrogen (secondary N) is 1. The van der Waals surface area contributed by atoms with Crippen LogP contribution in [0, 0.1) is 0 Å². The van der Waals surface area contributed by atoms with Gasteiger partial charge in [0, 0.05) is 39.9 Å². The summed E-state index contributed by atoms with van der Waals surface area (Å²) in [6.45, 7) is 0. The average molecular weight is 350 g/mol. The summed E-state index contributed by atoms with van der Waals surface area (Å²) in [6.07, 6.45) is 8.29. The Labute approximate surface area is 146 Å². The highest BCUT2D eigenvalue weighted by Gasteiger charge is 2.09. The van der Waals surface area contributed by atoms with Gasteiger partial charge in [-0.1, -0.05) is 12.1 Å². The Balaban J connectivity index is 1.72. The maximum absolute atomic E-state index is 11.5. The van der Waals surface area contributed by atoms with E-state index in [0.29, 0.717) is 11.6 Å². The fraction of sp³-hybridized carbons (Fsp3) is 0.0588. The molecule has 1 N–H and O–H groups in total. The van der Waals surface area contributed by atoms with Gasteiger partial charge >= 0.3 is 0 Å². The van der Waals surface area contributed by atoms with Gasteiger partial charge in [-0.2, -0.15) is 0 Å². The number of hydrogen-bond acceptors (Lipinski definition) is 6. The van der Waals surface area contributed by atoms with Crippen LogP contribution < -0.4 is 5.32 Å². The van der Waals surface area contributed by atoms with E-state index in [9.17, 15) is 4.21 Å². The molecule has 1 atom stereocenters. The number of hydrogen-bond donors (Lipinski definition) is 1. The van der Waals surface area contributed by atoms with Crippen molar-refractivity contribution in [2.45, 2.75) is 4.90 Å². The molecule has 3 heterocycles. The molecule has 0 radical (unpaired) electrons. The van der Waals surface area contributed by atoms with Gasteiger partial charge < -0.3 is 5.32 Å². The lowest BCUT2D eigenvalue weighted by atomic mass is 10.2. The smallest absolute Gasteiger partial charge is 0.154 e. The van der Waals surface area contributed by atoms with E-state index in [-0.39, 0.29) is 0 Å². The molecule has 0 aliphatic rings. The monoisotopic (exact) mass is 350 g/mol. The van der Waals surface area contributed by atoms with Crippen LogP contribution in [0.2, 0.25) is 0 Å². The second-order valence-electron chi connectivity index (χ2n) is 5.33. The minimum absolute atomic E-state index is 0.616. The number of nitrogens with zero attached hydrogens (tertiary/aromatic N) is 5. The molecule has 0 aliphatic heterocycles. The number of anilines is 2. The number of fused-ring (bicyclic) bond motifs is 1. The Kier molecular flexibility index (Phi) is 3.95. The summed E-state index contributed by atoms with van der Waals surface area (Å²) in [4.78, 5) is 13.4. The molecule has 4 rings (SSSR count). The van der Waals surface area contributed by atoms with Crippen LogP contribution in [0.15, 0.2) is 66.1 Å². The molecule has 4 aromatic rings. The largest absolute Gasteiger partial charge is 0.322 e. The van der Waals surface area contributed by atoms with Crippen molar-refractivity contribution in [2.24, 2.45) is 0 Å². The van der Waals surface area contributed by atoms with Crippen molar-refractivity contribution in [3.05, 3.63) is 61.2 Å². The summed E-state index contributed by atoms with van der Waals surface area (Å²) >= 11 is 0. The highest BCUT2D eigenvalue weighted by molar-refractivity contribution is 7.84. The molecule has 0 spiro atoms. The van der Waals surface area contributed by atoms with Crippen molar-refractivity contribution in [1.82, 2.24) is 24.6 Å². The first-order valence-electron chi connectivity index (χ1n) is 7.52. The van der Waals surface area contributed by atoms with Crippen LogP contribution in [0.3, 0.4) is 0 Å². The van der Waals surface area contributed by atoms with E-state index in [2.05, 4.69) is 25.4 Å². The van der Waals surface area contributed by atoms with E-state index in [0.717, 1.165) is 21.8 Å².